The van der Waals surface area contributed by atoms with Crippen molar-refractivity contribution in [2.45, 2.75) is 46.1 Å². The van der Waals surface area contributed by atoms with Crippen LogP contribution in [0, 0.1) is 0 Å². The van der Waals surface area contributed by atoms with Crippen LogP contribution in [0.4, 0.5) is 4.79 Å². The first-order chi connectivity index (χ1) is 12.4. The number of hydrogen-bond acceptors (Lipinski definition) is 5. The van der Waals surface area contributed by atoms with Crippen LogP contribution in [0.2, 0.25) is 0 Å². The third kappa shape index (κ3) is 10.9. The maximum Gasteiger partial charge on any atom is 0.409 e. The minimum atomic E-state index is -3.14. The van der Waals surface area contributed by atoms with Gasteiger partial charge in [-0.25, -0.2) is 17.9 Å². The molecule has 0 aromatic rings. The van der Waals surface area contributed by atoms with Crippen LogP contribution in [0.3, 0.4) is 0 Å². The lowest BCUT2D eigenvalue weighted by Gasteiger charge is -2.32. The van der Waals surface area contributed by atoms with Gasteiger partial charge in [0.25, 0.3) is 0 Å². The molecule has 3 N–H and O–H groups in total. The highest BCUT2D eigenvalue weighted by Gasteiger charge is 2.23. The largest absolute Gasteiger partial charge is 0.450 e. The van der Waals surface area contributed by atoms with Crippen molar-refractivity contribution in [3.8, 4) is 0 Å². The first kappa shape index (κ1) is 26.2. The molecule has 9 nitrogen and oxygen atoms in total. The van der Waals surface area contributed by atoms with Gasteiger partial charge in [-0.05, 0) is 40.0 Å². The summed E-state index contributed by atoms with van der Waals surface area (Å²) in [6.45, 7) is 8.79. The Hall–Kier alpha value is -0.820. The van der Waals surface area contributed by atoms with Gasteiger partial charge in [-0.2, -0.15) is 0 Å². The van der Waals surface area contributed by atoms with Crippen molar-refractivity contribution in [3.05, 3.63) is 0 Å². The molecule has 1 amide bonds. The summed E-state index contributed by atoms with van der Waals surface area (Å²) in [5.41, 5.74) is 0. The van der Waals surface area contributed by atoms with E-state index in [1.807, 2.05) is 6.92 Å². The Morgan fingerprint density at radius 2 is 1.89 bits per heavy atom. The number of nitrogens with one attached hydrogen (secondary N) is 3. The van der Waals surface area contributed by atoms with E-state index in [2.05, 4.69) is 20.3 Å². The molecule has 0 aliphatic carbocycles. The maximum atomic E-state index is 11.7. The van der Waals surface area contributed by atoms with Gasteiger partial charge >= 0.3 is 6.09 Å². The minimum Gasteiger partial charge on any atom is -0.450 e. The number of halogens is 1. The van der Waals surface area contributed by atoms with Crippen molar-refractivity contribution < 1.29 is 17.9 Å². The second kappa shape index (κ2) is 14.2. The average molecular weight is 519 g/mol. The number of aliphatic imine (C=N–C) groups is 1. The molecule has 1 rings (SSSR count). The SMILES string of the molecule is CCNC(=NCCCNS(=O)(=O)CC)NC1CCN(C(=O)OCC)CC1.I. The van der Waals surface area contributed by atoms with Gasteiger partial charge in [0, 0.05) is 38.8 Å². The number of likely N-dealkylation sites (tertiary alicyclic amines) is 1. The predicted molar refractivity (Wildman–Crippen MR) is 118 cm³/mol. The van der Waals surface area contributed by atoms with E-state index in [0.717, 1.165) is 25.3 Å². The maximum absolute atomic E-state index is 11.7. The summed E-state index contributed by atoms with van der Waals surface area (Å²) >= 11 is 0. The number of rotatable bonds is 9. The molecule has 1 aliphatic heterocycles. The average Bonchev–Trinajstić information content (AvgIpc) is 2.62. The fourth-order valence-corrected chi connectivity index (χ4v) is 3.19. The highest BCUT2D eigenvalue weighted by molar-refractivity contribution is 14.0. The van der Waals surface area contributed by atoms with Gasteiger partial charge in [-0.15, -0.1) is 24.0 Å². The van der Waals surface area contributed by atoms with E-state index in [1.165, 1.54) is 0 Å². The second-order valence-electron chi connectivity index (χ2n) is 6.02. The number of guanidine groups is 1. The molecule has 0 spiro atoms. The number of ether oxygens (including phenoxy) is 1. The molecule has 1 fully saturated rings. The lowest BCUT2D eigenvalue weighted by atomic mass is 10.1. The van der Waals surface area contributed by atoms with Gasteiger partial charge in [0.15, 0.2) is 5.96 Å². The molecule has 1 aliphatic rings. The number of carbonyl (C=O) groups excluding carboxylic acids is 1. The van der Waals surface area contributed by atoms with Crippen LogP contribution in [-0.2, 0) is 14.8 Å². The Labute approximate surface area is 180 Å². The van der Waals surface area contributed by atoms with Crippen LogP contribution in [0.5, 0.6) is 0 Å². The molecule has 27 heavy (non-hydrogen) atoms. The smallest absolute Gasteiger partial charge is 0.409 e. The van der Waals surface area contributed by atoms with Crippen molar-refractivity contribution in [1.29, 1.82) is 0 Å². The summed E-state index contributed by atoms with van der Waals surface area (Å²) in [5.74, 6) is 0.811. The zero-order valence-electron chi connectivity index (χ0n) is 16.5. The lowest BCUT2D eigenvalue weighted by molar-refractivity contribution is 0.0963. The van der Waals surface area contributed by atoms with Crippen molar-refractivity contribution in [2.75, 3.05) is 45.1 Å². The van der Waals surface area contributed by atoms with Crippen molar-refractivity contribution >= 4 is 46.1 Å². The fraction of sp³-hybridized carbons (Fsp3) is 0.875. The van der Waals surface area contributed by atoms with Crippen LogP contribution in [0.1, 0.15) is 40.0 Å². The van der Waals surface area contributed by atoms with E-state index >= 15 is 0 Å². The molecule has 1 saturated heterocycles. The second-order valence-corrected chi connectivity index (χ2v) is 8.11. The lowest BCUT2D eigenvalue weighted by Crippen LogP contribution is -2.50. The summed E-state index contributed by atoms with van der Waals surface area (Å²) in [5, 5.41) is 6.59. The molecule has 0 saturated carbocycles. The number of sulfonamides is 1. The predicted octanol–water partition coefficient (Wildman–Crippen LogP) is 1.11. The number of nitrogens with zero attached hydrogens (tertiary/aromatic N) is 2. The van der Waals surface area contributed by atoms with E-state index in [-0.39, 0.29) is 41.9 Å². The number of piperidine rings is 1. The molecule has 0 bridgehead atoms. The summed E-state index contributed by atoms with van der Waals surface area (Å²) in [4.78, 5) is 17.9. The molecule has 160 valence electrons. The van der Waals surface area contributed by atoms with Crippen molar-refractivity contribution in [3.63, 3.8) is 0 Å². The normalized spacial score (nSPS) is 15.8. The standard InChI is InChI=1S/C16H33N5O4S.HI/c1-4-17-15(18-10-7-11-19-26(23,24)6-3)20-14-8-12-21(13-9-14)16(22)25-5-2;/h14,19H,4-13H2,1-3H3,(H2,17,18,20);1H. The van der Waals surface area contributed by atoms with E-state index in [0.29, 0.717) is 39.2 Å². The Bertz CT molecular complexity index is 551. The van der Waals surface area contributed by atoms with Gasteiger partial charge in [0.2, 0.25) is 10.0 Å². The first-order valence-corrected chi connectivity index (χ1v) is 11.0. The van der Waals surface area contributed by atoms with Crippen LogP contribution in [0.25, 0.3) is 0 Å². The van der Waals surface area contributed by atoms with Gasteiger partial charge in [-0.3, -0.25) is 4.99 Å². The first-order valence-electron chi connectivity index (χ1n) is 9.35. The molecule has 0 aromatic carbocycles. The molecular weight excluding hydrogens is 485 g/mol. The minimum absolute atomic E-state index is 0. The van der Waals surface area contributed by atoms with Gasteiger partial charge in [-0.1, -0.05) is 0 Å². The van der Waals surface area contributed by atoms with Gasteiger partial charge < -0.3 is 20.3 Å². The zero-order valence-corrected chi connectivity index (χ0v) is 19.6. The van der Waals surface area contributed by atoms with Gasteiger partial charge in [0.05, 0.1) is 12.4 Å². The monoisotopic (exact) mass is 519 g/mol. The molecule has 0 atom stereocenters. The Morgan fingerprint density at radius 1 is 1.22 bits per heavy atom. The van der Waals surface area contributed by atoms with Crippen LogP contribution in [0.15, 0.2) is 4.99 Å². The van der Waals surface area contributed by atoms with Crippen LogP contribution >= 0.6 is 24.0 Å². The number of hydrogen-bond donors (Lipinski definition) is 3. The molecule has 11 heteroatoms. The molecule has 0 unspecified atom stereocenters. The molecular formula is C16H34IN5O4S. The summed E-state index contributed by atoms with van der Waals surface area (Å²) in [6.07, 6.45) is 2.05. The van der Waals surface area contributed by atoms with E-state index < -0.39 is 10.0 Å². The van der Waals surface area contributed by atoms with Crippen LogP contribution < -0.4 is 15.4 Å². The summed E-state index contributed by atoms with van der Waals surface area (Å²) < 4.78 is 30.3. The molecule has 0 radical (unpaired) electrons. The third-order valence-electron chi connectivity index (χ3n) is 4.01. The topological polar surface area (TPSA) is 112 Å². The summed E-state index contributed by atoms with van der Waals surface area (Å²) in [6, 6.07) is 0.247. The van der Waals surface area contributed by atoms with Crippen LogP contribution in [-0.4, -0.2) is 76.5 Å². The van der Waals surface area contributed by atoms with Crippen molar-refractivity contribution in [1.82, 2.24) is 20.3 Å². The summed E-state index contributed by atoms with van der Waals surface area (Å²) in [7, 11) is -3.14. The van der Waals surface area contributed by atoms with E-state index in [9.17, 15) is 13.2 Å². The molecule has 0 aromatic heterocycles. The zero-order chi connectivity index (χ0) is 19.4. The quantitative estimate of drug-likeness (QED) is 0.182. The number of carbonyl (C=O) groups is 1. The molecule has 1 heterocycles. The van der Waals surface area contributed by atoms with Gasteiger partial charge in [0.1, 0.15) is 0 Å². The highest BCUT2D eigenvalue weighted by atomic mass is 127. The Kier molecular flexibility index (Phi) is 13.8. The van der Waals surface area contributed by atoms with Crippen molar-refractivity contribution in [2.24, 2.45) is 4.99 Å². The highest BCUT2D eigenvalue weighted by Crippen LogP contribution is 2.11. The Balaban J connectivity index is 0.00000676. The number of amides is 1. The third-order valence-corrected chi connectivity index (χ3v) is 5.42. The van der Waals surface area contributed by atoms with E-state index in [4.69, 9.17) is 4.74 Å². The Morgan fingerprint density at radius 3 is 2.44 bits per heavy atom. The van der Waals surface area contributed by atoms with E-state index in [1.54, 1.807) is 18.7 Å². The fourth-order valence-electron chi connectivity index (χ4n) is 2.53.